The SMILES string of the molecule is CCC(=Cc1ccc(OCC#N)c(OC)c1)CBr. The summed E-state index contributed by atoms with van der Waals surface area (Å²) in [6.45, 7) is 2.14. The maximum atomic E-state index is 8.50. The van der Waals surface area contributed by atoms with Gasteiger partial charge in [-0.1, -0.05) is 40.6 Å². The van der Waals surface area contributed by atoms with Crippen molar-refractivity contribution >= 4 is 22.0 Å². The van der Waals surface area contributed by atoms with Gasteiger partial charge < -0.3 is 9.47 Å². The number of benzene rings is 1. The lowest BCUT2D eigenvalue weighted by Crippen LogP contribution is -1.97. The Balaban J connectivity index is 2.98. The Morgan fingerprint density at radius 3 is 2.78 bits per heavy atom. The Morgan fingerprint density at radius 1 is 1.44 bits per heavy atom. The lowest BCUT2D eigenvalue weighted by atomic mass is 10.1. The van der Waals surface area contributed by atoms with E-state index in [-0.39, 0.29) is 6.61 Å². The van der Waals surface area contributed by atoms with Gasteiger partial charge in [-0.2, -0.15) is 5.26 Å². The highest BCUT2D eigenvalue weighted by Gasteiger charge is 2.05. The second kappa shape index (κ2) is 7.78. The number of alkyl halides is 1. The molecule has 0 aliphatic carbocycles. The molecule has 0 saturated heterocycles. The van der Waals surface area contributed by atoms with Crippen molar-refractivity contribution in [3.8, 4) is 17.6 Å². The van der Waals surface area contributed by atoms with Gasteiger partial charge in [0.1, 0.15) is 6.07 Å². The molecule has 0 atom stereocenters. The molecular formula is C14H16BrNO2. The highest BCUT2D eigenvalue weighted by Crippen LogP contribution is 2.29. The summed E-state index contributed by atoms with van der Waals surface area (Å²) >= 11 is 3.46. The lowest BCUT2D eigenvalue weighted by Gasteiger charge is -2.09. The lowest BCUT2D eigenvalue weighted by molar-refractivity contribution is 0.329. The van der Waals surface area contributed by atoms with Crippen molar-refractivity contribution in [1.29, 1.82) is 5.26 Å². The van der Waals surface area contributed by atoms with E-state index in [0.29, 0.717) is 11.5 Å². The standard InChI is InChI=1S/C14H16BrNO2/c1-3-11(10-15)8-12-4-5-13(18-7-6-16)14(9-12)17-2/h4-5,8-9H,3,7,10H2,1-2H3. The fourth-order valence-electron chi connectivity index (χ4n) is 1.47. The number of nitrogens with zero attached hydrogens (tertiary/aromatic N) is 1. The van der Waals surface area contributed by atoms with Gasteiger partial charge >= 0.3 is 0 Å². The molecular weight excluding hydrogens is 294 g/mol. The highest BCUT2D eigenvalue weighted by atomic mass is 79.9. The van der Waals surface area contributed by atoms with Crippen LogP contribution in [0.25, 0.3) is 6.08 Å². The quantitative estimate of drug-likeness (QED) is 0.751. The molecule has 18 heavy (non-hydrogen) atoms. The van der Waals surface area contributed by atoms with Gasteiger partial charge in [-0.25, -0.2) is 0 Å². The van der Waals surface area contributed by atoms with E-state index in [1.54, 1.807) is 7.11 Å². The molecule has 0 fully saturated rings. The zero-order chi connectivity index (χ0) is 13.4. The topological polar surface area (TPSA) is 42.2 Å². The number of hydrogen-bond acceptors (Lipinski definition) is 3. The van der Waals surface area contributed by atoms with E-state index in [1.165, 1.54) is 5.57 Å². The number of rotatable bonds is 6. The average molecular weight is 310 g/mol. The molecule has 0 aromatic heterocycles. The third-order valence-corrected chi connectivity index (χ3v) is 3.20. The summed E-state index contributed by atoms with van der Waals surface area (Å²) in [7, 11) is 1.59. The van der Waals surface area contributed by atoms with Crippen LogP contribution >= 0.6 is 15.9 Å². The summed E-state index contributed by atoms with van der Waals surface area (Å²) in [5, 5.41) is 9.36. The van der Waals surface area contributed by atoms with Crippen LogP contribution in [0, 0.1) is 11.3 Å². The third kappa shape index (κ3) is 4.08. The monoisotopic (exact) mass is 309 g/mol. The van der Waals surface area contributed by atoms with Gasteiger partial charge in [-0.05, 0) is 24.1 Å². The normalized spacial score (nSPS) is 10.9. The first kappa shape index (κ1) is 14.6. The molecule has 0 spiro atoms. The van der Waals surface area contributed by atoms with Crippen LogP contribution in [0.1, 0.15) is 18.9 Å². The molecule has 0 N–H and O–H groups in total. The van der Waals surface area contributed by atoms with Crippen molar-refractivity contribution in [2.24, 2.45) is 0 Å². The fraction of sp³-hybridized carbons (Fsp3) is 0.357. The molecule has 0 bridgehead atoms. The van der Waals surface area contributed by atoms with Crippen LogP contribution < -0.4 is 9.47 Å². The first-order valence-corrected chi connectivity index (χ1v) is 6.80. The summed E-state index contributed by atoms with van der Waals surface area (Å²) in [4.78, 5) is 0. The summed E-state index contributed by atoms with van der Waals surface area (Å²) in [5.74, 6) is 1.23. The average Bonchev–Trinajstić information content (AvgIpc) is 2.42. The predicted molar refractivity (Wildman–Crippen MR) is 76.2 cm³/mol. The fourth-order valence-corrected chi connectivity index (χ4v) is 2.03. The second-order valence-corrected chi connectivity index (χ2v) is 4.21. The molecule has 0 aliphatic rings. The summed E-state index contributed by atoms with van der Waals surface area (Å²) < 4.78 is 10.5. The molecule has 0 saturated carbocycles. The van der Waals surface area contributed by atoms with E-state index in [0.717, 1.165) is 17.3 Å². The Labute approximate surface area is 116 Å². The molecule has 1 rings (SSSR count). The smallest absolute Gasteiger partial charge is 0.174 e. The molecule has 96 valence electrons. The summed E-state index contributed by atoms with van der Waals surface area (Å²) in [5.41, 5.74) is 2.37. The molecule has 0 unspecified atom stereocenters. The predicted octanol–water partition coefficient (Wildman–Crippen LogP) is 3.79. The number of nitriles is 1. The second-order valence-electron chi connectivity index (χ2n) is 3.65. The van der Waals surface area contributed by atoms with Crippen LogP contribution in [0.5, 0.6) is 11.5 Å². The zero-order valence-corrected chi connectivity index (χ0v) is 12.2. The maximum Gasteiger partial charge on any atom is 0.174 e. The summed E-state index contributed by atoms with van der Waals surface area (Å²) in [6.07, 6.45) is 3.12. The van der Waals surface area contributed by atoms with Gasteiger partial charge in [0.2, 0.25) is 0 Å². The van der Waals surface area contributed by atoms with Crippen LogP contribution in [0.3, 0.4) is 0 Å². The van der Waals surface area contributed by atoms with E-state index in [1.807, 2.05) is 24.3 Å². The van der Waals surface area contributed by atoms with E-state index in [4.69, 9.17) is 14.7 Å². The van der Waals surface area contributed by atoms with Crippen molar-refractivity contribution in [3.63, 3.8) is 0 Å². The largest absolute Gasteiger partial charge is 0.493 e. The van der Waals surface area contributed by atoms with E-state index in [2.05, 4.69) is 28.9 Å². The molecule has 0 heterocycles. The Bertz CT molecular complexity index is 457. The first-order chi connectivity index (χ1) is 8.74. The van der Waals surface area contributed by atoms with Crippen molar-refractivity contribution in [2.45, 2.75) is 13.3 Å². The Hall–Kier alpha value is -1.47. The van der Waals surface area contributed by atoms with E-state index < -0.39 is 0 Å². The van der Waals surface area contributed by atoms with Crippen LogP contribution in [0.2, 0.25) is 0 Å². The van der Waals surface area contributed by atoms with Crippen LogP contribution in [-0.2, 0) is 0 Å². The minimum absolute atomic E-state index is 0.0210. The molecule has 0 radical (unpaired) electrons. The van der Waals surface area contributed by atoms with Gasteiger partial charge in [0.25, 0.3) is 0 Å². The molecule has 3 nitrogen and oxygen atoms in total. The highest BCUT2D eigenvalue weighted by molar-refractivity contribution is 9.09. The van der Waals surface area contributed by atoms with Gasteiger partial charge in [-0.3, -0.25) is 0 Å². The van der Waals surface area contributed by atoms with Gasteiger partial charge in [0.15, 0.2) is 18.1 Å². The van der Waals surface area contributed by atoms with Crippen molar-refractivity contribution < 1.29 is 9.47 Å². The van der Waals surface area contributed by atoms with E-state index >= 15 is 0 Å². The number of allylic oxidation sites excluding steroid dienone is 1. The Morgan fingerprint density at radius 2 is 2.22 bits per heavy atom. The van der Waals surface area contributed by atoms with Gasteiger partial charge in [0, 0.05) is 5.33 Å². The number of ether oxygens (including phenoxy) is 2. The number of methoxy groups -OCH3 is 1. The minimum atomic E-state index is 0.0210. The van der Waals surface area contributed by atoms with Gasteiger partial charge in [-0.15, -0.1) is 0 Å². The molecule has 1 aromatic rings. The third-order valence-electron chi connectivity index (χ3n) is 2.48. The zero-order valence-electron chi connectivity index (χ0n) is 10.6. The number of halogens is 1. The maximum absolute atomic E-state index is 8.50. The van der Waals surface area contributed by atoms with Gasteiger partial charge in [0.05, 0.1) is 7.11 Å². The van der Waals surface area contributed by atoms with Crippen molar-refractivity contribution in [1.82, 2.24) is 0 Å². The molecule has 0 amide bonds. The van der Waals surface area contributed by atoms with Crippen molar-refractivity contribution in [3.05, 3.63) is 29.3 Å². The molecule has 1 aromatic carbocycles. The van der Waals surface area contributed by atoms with Crippen LogP contribution in [0.4, 0.5) is 0 Å². The Kier molecular flexibility index (Phi) is 6.31. The van der Waals surface area contributed by atoms with E-state index in [9.17, 15) is 0 Å². The van der Waals surface area contributed by atoms with Crippen LogP contribution in [0.15, 0.2) is 23.8 Å². The molecule has 0 aliphatic heterocycles. The summed E-state index contributed by atoms with van der Waals surface area (Å²) in [6, 6.07) is 7.62. The van der Waals surface area contributed by atoms with Crippen LogP contribution in [-0.4, -0.2) is 19.0 Å². The number of hydrogen-bond donors (Lipinski definition) is 0. The molecule has 4 heteroatoms. The first-order valence-electron chi connectivity index (χ1n) is 5.68. The van der Waals surface area contributed by atoms with Crippen molar-refractivity contribution in [2.75, 3.05) is 19.0 Å². The minimum Gasteiger partial charge on any atom is -0.493 e.